The van der Waals surface area contributed by atoms with Gasteiger partial charge in [0.25, 0.3) is 0 Å². The van der Waals surface area contributed by atoms with E-state index in [0.29, 0.717) is 6.04 Å². The SMILES string of the molecule is O=C(O)/C=C/c1ccsc1CN(CCCO)C1CCC1. The van der Waals surface area contributed by atoms with Crippen LogP contribution in [0.2, 0.25) is 0 Å². The molecule has 1 aliphatic rings. The molecule has 2 N–H and O–H groups in total. The van der Waals surface area contributed by atoms with Crippen molar-refractivity contribution in [1.29, 1.82) is 0 Å². The van der Waals surface area contributed by atoms with Gasteiger partial charge >= 0.3 is 5.97 Å². The summed E-state index contributed by atoms with van der Waals surface area (Å²) in [4.78, 5) is 14.2. The van der Waals surface area contributed by atoms with Crippen molar-refractivity contribution in [2.24, 2.45) is 0 Å². The molecule has 0 bridgehead atoms. The van der Waals surface area contributed by atoms with Gasteiger partial charge in [-0.2, -0.15) is 0 Å². The van der Waals surface area contributed by atoms with Crippen molar-refractivity contribution in [3.8, 4) is 0 Å². The molecule has 1 aliphatic carbocycles. The largest absolute Gasteiger partial charge is 0.478 e. The minimum atomic E-state index is -0.918. The number of nitrogens with zero attached hydrogens (tertiary/aromatic N) is 1. The molecule has 5 heteroatoms. The normalized spacial score (nSPS) is 15.9. The Morgan fingerprint density at radius 1 is 1.50 bits per heavy atom. The molecule has 0 aliphatic heterocycles. The predicted octanol–water partition coefficient (Wildman–Crippen LogP) is 2.58. The van der Waals surface area contributed by atoms with Crippen molar-refractivity contribution in [3.05, 3.63) is 28.0 Å². The monoisotopic (exact) mass is 295 g/mol. The van der Waals surface area contributed by atoms with Crippen molar-refractivity contribution in [2.75, 3.05) is 13.2 Å². The zero-order valence-electron chi connectivity index (χ0n) is 11.5. The summed E-state index contributed by atoms with van der Waals surface area (Å²) in [6, 6.07) is 2.59. The molecule has 0 aromatic carbocycles. The Hall–Kier alpha value is -1.17. The van der Waals surface area contributed by atoms with E-state index in [2.05, 4.69) is 4.90 Å². The summed E-state index contributed by atoms with van der Waals surface area (Å²) in [6.07, 6.45) is 7.40. The van der Waals surface area contributed by atoms with Gasteiger partial charge in [-0.3, -0.25) is 4.90 Å². The van der Waals surface area contributed by atoms with Gasteiger partial charge < -0.3 is 10.2 Å². The maximum Gasteiger partial charge on any atom is 0.328 e. The van der Waals surface area contributed by atoms with Gasteiger partial charge in [0.15, 0.2) is 0 Å². The topological polar surface area (TPSA) is 60.8 Å². The van der Waals surface area contributed by atoms with Crippen LogP contribution in [0.25, 0.3) is 6.08 Å². The van der Waals surface area contributed by atoms with Gasteiger partial charge in [0, 0.05) is 36.7 Å². The molecule has 4 nitrogen and oxygen atoms in total. The van der Waals surface area contributed by atoms with Crippen molar-refractivity contribution in [1.82, 2.24) is 4.90 Å². The average Bonchev–Trinajstić information content (AvgIpc) is 2.78. The van der Waals surface area contributed by atoms with Crippen LogP contribution >= 0.6 is 11.3 Å². The van der Waals surface area contributed by atoms with Crippen molar-refractivity contribution in [3.63, 3.8) is 0 Å². The molecule has 2 rings (SSSR count). The first-order valence-electron chi connectivity index (χ1n) is 7.03. The Morgan fingerprint density at radius 2 is 2.30 bits per heavy atom. The first-order valence-corrected chi connectivity index (χ1v) is 7.91. The Morgan fingerprint density at radius 3 is 2.90 bits per heavy atom. The number of rotatable bonds is 8. The van der Waals surface area contributed by atoms with Crippen LogP contribution < -0.4 is 0 Å². The molecule has 0 atom stereocenters. The summed E-state index contributed by atoms with van der Waals surface area (Å²) in [5.74, 6) is -0.918. The number of carboxylic acids is 1. The third-order valence-electron chi connectivity index (χ3n) is 3.73. The second-order valence-electron chi connectivity index (χ2n) is 5.10. The van der Waals surface area contributed by atoms with Gasteiger partial charge in [-0.1, -0.05) is 6.42 Å². The summed E-state index contributed by atoms with van der Waals surface area (Å²) >= 11 is 1.67. The van der Waals surface area contributed by atoms with Gasteiger partial charge in [-0.25, -0.2) is 4.79 Å². The smallest absolute Gasteiger partial charge is 0.328 e. The van der Waals surface area contributed by atoms with Gasteiger partial charge in [-0.05, 0) is 42.3 Å². The minimum Gasteiger partial charge on any atom is -0.478 e. The summed E-state index contributed by atoms with van der Waals surface area (Å²) < 4.78 is 0. The Balaban J connectivity index is 2.02. The molecule has 0 spiro atoms. The fraction of sp³-hybridized carbons (Fsp3) is 0.533. The summed E-state index contributed by atoms with van der Waals surface area (Å²) in [5, 5.41) is 19.7. The summed E-state index contributed by atoms with van der Waals surface area (Å²) in [6.45, 7) is 1.97. The van der Waals surface area contributed by atoms with Gasteiger partial charge in [0.05, 0.1) is 0 Å². The van der Waals surface area contributed by atoms with Crippen molar-refractivity contribution >= 4 is 23.4 Å². The lowest BCUT2D eigenvalue weighted by atomic mass is 9.91. The molecular formula is C15H21NO3S. The van der Waals surface area contributed by atoms with E-state index >= 15 is 0 Å². The van der Waals surface area contributed by atoms with E-state index in [1.54, 1.807) is 17.4 Å². The van der Waals surface area contributed by atoms with E-state index in [0.717, 1.165) is 25.1 Å². The van der Waals surface area contributed by atoms with Gasteiger partial charge in [0.2, 0.25) is 0 Å². The molecule has 0 radical (unpaired) electrons. The summed E-state index contributed by atoms with van der Waals surface area (Å²) in [7, 11) is 0. The number of hydrogen-bond acceptors (Lipinski definition) is 4. The lowest BCUT2D eigenvalue weighted by molar-refractivity contribution is -0.131. The molecule has 0 saturated heterocycles. The molecule has 1 saturated carbocycles. The summed E-state index contributed by atoms with van der Waals surface area (Å²) in [5.41, 5.74) is 0.991. The number of thiophene rings is 1. The highest BCUT2D eigenvalue weighted by Crippen LogP contribution is 2.29. The standard InChI is InChI=1S/C15H21NO3S/c17-9-2-8-16(13-3-1-4-13)11-14-12(7-10-20-14)5-6-15(18)19/h5-7,10,13,17H,1-4,8-9,11H2,(H,18,19)/b6-5+. The molecular weight excluding hydrogens is 274 g/mol. The predicted molar refractivity (Wildman–Crippen MR) is 80.7 cm³/mol. The molecule has 110 valence electrons. The second kappa shape index (κ2) is 7.57. The van der Waals surface area contributed by atoms with Crippen LogP contribution in [-0.2, 0) is 11.3 Å². The van der Waals surface area contributed by atoms with Gasteiger partial charge in [0.1, 0.15) is 0 Å². The fourth-order valence-electron chi connectivity index (χ4n) is 2.39. The number of carbonyl (C=O) groups is 1. The Kier molecular flexibility index (Phi) is 5.76. The van der Waals surface area contributed by atoms with Crippen LogP contribution in [-0.4, -0.2) is 40.3 Å². The lowest BCUT2D eigenvalue weighted by Crippen LogP contribution is -2.40. The maximum atomic E-state index is 10.6. The van der Waals surface area contributed by atoms with E-state index in [1.165, 1.54) is 30.2 Å². The van der Waals surface area contributed by atoms with E-state index in [1.807, 2.05) is 11.4 Å². The molecule has 1 aromatic rings. The van der Waals surface area contributed by atoms with Gasteiger partial charge in [-0.15, -0.1) is 11.3 Å². The highest BCUT2D eigenvalue weighted by molar-refractivity contribution is 7.10. The van der Waals surface area contributed by atoms with E-state index in [9.17, 15) is 4.79 Å². The van der Waals surface area contributed by atoms with Crippen LogP contribution in [0.1, 0.15) is 36.1 Å². The highest BCUT2D eigenvalue weighted by atomic mass is 32.1. The van der Waals surface area contributed by atoms with E-state index < -0.39 is 5.97 Å². The second-order valence-corrected chi connectivity index (χ2v) is 6.10. The maximum absolute atomic E-state index is 10.6. The van der Waals surface area contributed by atoms with E-state index in [4.69, 9.17) is 10.2 Å². The Labute approximate surface area is 123 Å². The Bertz CT molecular complexity index is 465. The number of aliphatic hydroxyl groups is 1. The first kappa shape index (κ1) is 15.2. The zero-order valence-corrected chi connectivity index (χ0v) is 12.3. The minimum absolute atomic E-state index is 0.222. The van der Waals surface area contributed by atoms with Crippen molar-refractivity contribution < 1.29 is 15.0 Å². The average molecular weight is 295 g/mol. The third kappa shape index (κ3) is 4.16. The zero-order chi connectivity index (χ0) is 14.4. The van der Waals surface area contributed by atoms with E-state index in [-0.39, 0.29) is 6.61 Å². The number of aliphatic carboxylic acids is 1. The quantitative estimate of drug-likeness (QED) is 0.724. The lowest BCUT2D eigenvalue weighted by Gasteiger charge is -2.37. The molecule has 0 amide bonds. The number of carboxylic acid groups (broad SMARTS) is 1. The molecule has 1 fully saturated rings. The number of aliphatic hydroxyl groups excluding tert-OH is 1. The molecule has 20 heavy (non-hydrogen) atoms. The molecule has 1 aromatic heterocycles. The highest BCUT2D eigenvalue weighted by Gasteiger charge is 2.25. The first-order chi connectivity index (χ1) is 9.70. The van der Waals surface area contributed by atoms with Crippen LogP contribution in [0, 0.1) is 0 Å². The van der Waals surface area contributed by atoms with Crippen LogP contribution in [0.15, 0.2) is 17.5 Å². The van der Waals surface area contributed by atoms with Crippen LogP contribution in [0.4, 0.5) is 0 Å². The van der Waals surface area contributed by atoms with Crippen LogP contribution in [0.3, 0.4) is 0 Å². The van der Waals surface area contributed by atoms with Crippen molar-refractivity contribution in [2.45, 2.75) is 38.3 Å². The third-order valence-corrected chi connectivity index (χ3v) is 4.65. The fourth-order valence-corrected chi connectivity index (χ4v) is 3.28. The number of hydrogen-bond donors (Lipinski definition) is 2. The van der Waals surface area contributed by atoms with Crippen LogP contribution in [0.5, 0.6) is 0 Å². The molecule has 1 heterocycles. The molecule has 0 unspecified atom stereocenters.